The first kappa shape index (κ1) is 11.9. The molecule has 1 atom stereocenters. The summed E-state index contributed by atoms with van der Waals surface area (Å²) in [7, 11) is 0. The molecule has 2 aromatic heterocycles. The van der Waals surface area contributed by atoms with E-state index in [1.807, 2.05) is 11.8 Å². The molecule has 100 valence electrons. The summed E-state index contributed by atoms with van der Waals surface area (Å²) < 4.78 is 0. The third-order valence-electron chi connectivity index (χ3n) is 3.44. The van der Waals surface area contributed by atoms with E-state index in [1.165, 1.54) is 6.33 Å². The number of rotatable bonds is 2. The normalized spacial score (nSPS) is 19.6. The fourth-order valence-corrected chi connectivity index (χ4v) is 2.51. The van der Waals surface area contributed by atoms with Crippen LogP contribution >= 0.6 is 0 Å². The van der Waals surface area contributed by atoms with E-state index >= 15 is 0 Å². The van der Waals surface area contributed by atoms with Gasteiger partial charge in [0.1, 0.15) is 17.8 Å². The third kappa shape index (κ3) is 2.23. The lowest BCUT2D eigenvalue weighted by molar-refractivity contribution is 0.0594. The molecule has 0 aromatic carbocycles. The summed E-state index contributed by atoms with van der Waals surface area (Å²) in [6, 6.07) is 1.75. The second-order valence-electron chi connectivity index (χ2n) is 4.82. The molecule has 1 saturated heterocycles. The van der Waals surface area contributed by atoms with Crippen LogP contribution in [0.15, 0.2) is 12.4 Å². The molecule has 2 N–H and O–H groups in total. The van der Waals surface area contributed by atoms with Crippen molar-refractivity contribution in [2.24, 2.45) is 0 Å². The van der Waals surface area contributed by atoms with Crippen molar-refractivity contribution < 1.29 is 4.79 Å². The fourth-order valence-electron chi connectivity index (χ4n) is 2.51. The lowest BCUT2D eigenvalue weighted by Gasteiger charge is -2.33. The van der Waals surface area contributed by atoms with Crippen molar-refractivity contribution in [1.29, 1.82) is 0 Å². The first-order valence-electron chi connectivity index (χ1n) is 6.44. The van der Waals surface area contributed by atoms with Crippen molar-refractivity contribution in [3.63, 3.8) is 0 Å². The van der Waals surface area contributed by atoms with Gasteiger partial charge in [0.25, 0.3) is 5.91 Å². The van der Waals surface area contributed by atoms with Gasteiger partial charge in [-0.05, 0) is 32.3 Å². The van der Waals surface area contributed by atoms with Crippen LogP contribution in [0.3, 0.4) is 0 Å². The highest BCUT2D eigenvalue weighted by atomic mass is 16.2. The lowest BCUT2D eigenvalue weighted by atomic mass is 10.0. The van der Waals surface area contributed by atoms with Crippen molar-refractivity contribution in [3.8, 4) is 0 Å². The molecule has 1 aliphatic rings. The van der Waals surface area contributed by atoms with E-state index in [2.05, 4.69) is 25.4 Å². The Morgan fingerprint density at radius 3 is 3.00 bits per heavy atom. The zero-order valence-electron chi connectivity index (χ0n) is 10.8. The second-order valence-corrected chi connectivity index (χ2v) is 4.82. The third-order valence-corrected chi connectivity index (χ3v) is 3.44. The van der Waals surface area contributed by atoms with Crippen LogP contribution in [0, 0.1) is 6.92 Å². The van der Waals surface area contributed by atoms with Crippen LogP contribution in [0.5, 0.6) is 0 Å². The number of carbonyl (C=O) groups is 1. The lowest BCUT2D eigenvalue weighted by Crippen LogP contribution is -2.39. The number of aromatic nitrogens is 5. The van der Waals surface area contributed by atoms with Crippen molar-refractivity contribution in [1.82, 2.24) is 30.3 Å². The molecule has 1 fully saturated rings. The minimum atomic E-state index is -0.0505. The Morgan fingerprint density at radius 2 is 2.32 bits per heavy atom. The Kier molecular flexibility index (Phi) is 3.02. The summed E-state index contributed by atoms with van der Waals surface area (Å²) in [6.45, 7) is 2.62. The number of amides is 1. The fraction of sp³-hybridized carbons (Fsp3) is 0.500. The van der Waals surface area contributed by atoms with E-state index in [-0.39, 0.29) is 11.9 Å². The molecule has 0 saturated carbocycles. The van der Waals surface area contributed by atoms with Crippen molar-refractivity contribution in [3.05, 3.63) is 29.6 Å². The summed E-state index contributed by atoms with van der Waals surface area (Å²) in [5.41, 5.74) is 1.35. The average Bonchev–Trinajstić information content (AvgIpc) is 3.09. The van der Waals surface area contributed by atoms with Gasteiger partial charge in [-0.3, -0.25) is 15.0 Å². The number of aryl methyl sites for hydroxylation is 1. The topological polar surface area (TPSA) is 90.6 Å². The van der Waals surface area contributed by atoms with Crippen LogP contribution < -0.4 is 0 Å². The summed E-state index contributed by atoms with van der Waals surface area (Å²) in [6.07, 6.45) is 4.49. The predicted molar refractivity (Wildman–Crippen MR) is 67.3 cm³/mol. The SMILES string of the molecule is Cc1cc(C(=O)N2CCCC[C@H]2c2ncn[nH]2)n[nH]1. The summed E-state index contributed by atoms with van der Waals surface area (Å²) in [5.74, 6) is 0.700. The largest absolute Gasteiger partial charge is 0.327 e. The smallest absolute Gasteiger partial charge is 0.274 e. The molecule has 7 heteroatoms. The molecule has 0 unspecified atom stereocenters. The van der Waals surface area contributed by atoms with E-state index in [4.69, 9.17) is 0 Å². The van der Waals surface area contributed by atoms with E-state index in [0.29, 0.717) is 5.69 Å². The maximum absolute atomic E-state index is 12.5. The maximum atomic E-state index is 12.5. The molecule has 1 aliphatic heterocycles. The second kappa shape index (κ2) is 4.83. The molecule has 0 bridgehead atoms. The number of carbonyl (C=O) groups excluding carboxylic acids is 1. The molecule has 3 rings (SSSR count). The number of hydrogen-bond acceptors (Lipinski definition) is 4. The maximum Gasteiger partial charge on any atom is 0.274 e. The van der Waals surface area contributed by atoms with Crippen LogP contribution in [0.25, 0.3) is 0 Å². The van der Waals surface area contributed by atoms with Crippen LogP contribution in [-0.2, 0) is 0 Å². The molecule has 19 heavy (non-hydrogen) atoms. The summed E-state index contributed by atoms with van der Waals surface area (Å²) in [5, 5.41) is 13.6. The molecule has 0 aliphatic carbocycles. The van der Waals surface area contributed by atoms with Gasteiger partial charge in [-0.15, -0.1) is 0 Å². The van der Waals surface area contributed by atoms with Gasteiger partial charge in [0.15, 0.2) is 0 Å². The highest BCUT2D eigenvalue weighted by Crippen LogP contribution is 2.29. The van der Waals surface area contributed by atoms with Gasteiger partial charge < -0.3 is 4.90 Å². The number of aromatic amines is 2. The van der Waals surface area contributed by atoms with Crippen molar-refractivity contribution >= 4 is 5.91 Å². The Morgan fingerprint density at radius 1 is 1.42 bits per heavy atom. The predicted octanol–water partition coefficient (Wildman–Crippen LogP) is 1.20. The van der Waals surface area contributed by atoms with Gasteiger partial charge in [0, 0.05) is 12.2 Å². The molecule has 2 aromatic rings. The Labute approximate surface area is 110 Å². The van der Waals surface area contributed by atoms with Gasteiger partial charge in [0.05, 0.1) is 6.04 Å². The van der Waals surface area contributed by atoms with Crippen LogP contribution in [-0.4, -0.2) is 42.7 Å². The number of piperidine rings is 1. The number of hydrogen-bond donors (Lipinski definition) is 2. The van der Waals surface area contributed by atoms with Gasteiger partial charge in [-0.25, -0.2) is 4.98 Å². The van der Waals surface area contributed by atoms with Gasteiger partial charge in [-0.1, -0.05) is 0 Å². The molecule has 0 radical (unpaired) electrons. The highest BCUT2D eigenvalue weighted by molar-refractivity contribution is 5.92. The minimum absolute atomic E-state index is 0.0271. The van der Waals surface area contributed by atoms with E-state index < -0.39 is 0 Å². The van der Waals surface area contributed by atoms with E-state index in [1.54, 1.807) is 6.07 Å². The standard InChI is InChI=1S/C12H16N6O/c1-8-6-9(16-15-8)12(19)18-5-3-2-4-10(18)11-13-7-14-17-11/h6-7,10H,2-5H2,1H3,(H,15,16)(H,13,14,17)/t10-/m0/s1. The highest BCUT2D eigenvalue weighted by Gasteiger charge is 2.31. The quantitative estimate of drug-likeness (QED) is 0.849. The van der Waals surface area contributed by atoms with Crippen molar-refractivity contribution in [2.75, 3.05) is 6.54 Å². The van der Waals surface area contributed by atoms with E-state index in [9.17, 15) is 4.79 Å². The Bertz CT molecular complexity index is 561. The average molecular weight is 260 g/mol. The number of likely N-dealkylation sites (tertiary alicyclic amines) is 1. The minimum Gasteiger partial charge on any atom is -0.327 e. The molecule has 3 heterocycles. The first-order valence-corrected chi connectivity index (χ1v) is 6.44. The van der Waals surface area contributed by atoms with Crippen molar-refractivity contribution in [2.45, 2.75) is 32.2 Å². The zero-order chi connectivity index (χ0) is 13.2. The van der Waals surface area contributed by atoms with Gasteiger partial charge in [0.2, 0.25) is 0 Å². The Balaban J connectivity index is 1.86. The number of nitrogens with zero attached hydrogens (tertiary/aromatic N) is 4. The Hall–Kier alpha value is -2.18. The molecular formula is C12H16N6O. The first-order chi connectivity index (χ1) is 9.25. The zero-order valence-corrected chi connectivity index (χ0v) is 10.8. The van der Waals surface area contributed by atoms with Gasteiger partial charge >= 0.3 is 0 Å². The summed E-state index contributed by atoms with van der Waals surface area (Å²) >= 11 is 0. The monoisotopic (exact) mass is 260 g/mol. The van der Waals surface area contributed by atoms with Gasteiger partial charge in [-0.2, -0.15) is 10.2 Å². The number of nitrogens with one attached hydrogen (secondary N) is 2. The number of H-pyrrole nitrogens is 2. The van der Waals surface area contributed by atoms with Crippen LogP contribution in [0.1, 0.15) is 47.3 Å². The van der Waals surface area contributed by atoms with E-state index in [0.717, 1.165) is 37.3 Å². The molecule has 7 nitrogen and oxygen atoms in total. The molecule has 1 amide bonds. The molecular weight excluding hydrogens is 244 g/mol. The molecule has 0 spiro atoms. The van der Waals surface area contributed by atoms with Crippen LogP contribution in [0.4, 0.5) is 0 Å². The van der Waals surface area contributed by atoms with Crippen LogP contribution in [0.2, 0.25) is 0 Å². The summed E-state index contributed by atoms with van der Waals surface area (Å²) in [4.78, 5) is 18.5.